The number of aromatic nitrogens is 3. The molecule has 0 amide bonds. The second-order valence-corrected chi connectivity index (χ2v) is 10.3. The van der Waals surface area contributed by atoms with Gasteiger partial charge < -0.3 is 23.7 Å². The highest BCUT2D eigenvalue weighted by atomic mass is 32.1. The molecule has 2 heterocycles. The summed E-state index contributed by atoms with van der Waals surface area (Å²) in [6, 6.07) is 5.90. The van der Waals surface area contributed by atoms with E-state index in [4.69, 9.17) is 36.3 Å². The number of hydrogen-bond donors (Lipinski definition) is 1. The zero-order valence-electron chi connectivity index (χ0n) is 23.7. The zero-order chi connectivity index (χ0) is 32.3. The summed E-state index contributed by atoms with van der Waals surface area (Å²) in [6.45, 7) is 2.85. The third-order valence-electron chi connectivity index (χ3n) is 6.57. The lowest BCUT2D eigenvalue weighted by Gasteiger charge is -2.50. The number of ether oxygens (including phenoxy) is 5. The van der Waals surface area contributed by atoms with E-state index in [9.17, 15) is 32.3 Å². The minimum atomic E-state index is -1.94. The van der Waals surface area contributed by atoms with Gasteiger partial charge in [0.1, 0.15) is 24.4 Å². The molecule has 234 valence electrons. The van der Waals surface area contributed by atoms with Crippen LogP contribution in [0, 0.1) is 17.5 Å². The van der Waals surface area contributed by atoms with Crippen LogP contribution in [0.3, 0.4) is 0 Å². The van der Waals surface area contributed by atoms with Gasteiger partial charge in [0.25, 0.3) is 0 Å². The van der Waals surface area contributed by atoms with Gasteiger partial charge in [-0.25, -0.2) is 22.6 Å². The van der Waals surface area contributed by atoms with Crippen LogP contribution in [0.1, 0.15) is 42.7 Å². The van der Waals surface area contributed by atoms with Crippen LogP contribution in [0.2, 0.25) is 0 Å². The highest BCUT2D eigenvalue weighted by Crippen LogP contribution is 2.48. The number of carbonyl (C=O) groups is 4. The van der Waals surface area contributed by atoms with Gasteiger partial charge in [0.05, 0.1) is 18.9 Å². The second kappa shape index (κ2) is 13.1. The Hall–Kier alpha value is -4.44. The molecule has 44 heavy (non-hydrogen) atoms. The summed E-state index contributed by atoms with van der Waals surface area (Å²) in [7, 11) is 1.18. The molecule has 0 radical (unpaired) electrons. The van der Waals surface area contributed by atoms with Crippen molar-refractivity contribution < 1.29 is 56.0 Å². The minimum Gasteiger partial charge on any atom is -0.465 e. The van der Waals surface area contributed by atoms with Crippen molar-refractivity contribution in [1.29, 1.82) is 0 Å². The van der Waals surface area contributed by atoms with Crippen molar-refractivity contribution in [3.63, 3.8) is 0 Å². The van der Waals surface area contributed by atoms with Crippen molar-refractivity contribution in [3.8, 4) is 11.3 Å². The van der Waals surface area contributed by atoms with Crippen molar-refractivity contribution >= 4 is 36.5 Å². The van der Waals surface area contributed by atoms with Gasteiger partial charge >= 0.3 is 23.9 Å². The molecule has 2 aromatic carbocycles. The van der Waals surface area contributed by atoms with Gasteiger partial charge in [-0.3, -0.25) is 14.4 Å². The van der Waals surface area contributed by atoms with Crippen LogP contribution >= 0.6 is 12.6 Å². The zero-order valence-corrected chi connectivity index (χ0v) is 24.5. The van der Waals surface area contributed by atoms with Gasteiger partial charge in [-0.05, 0) is 29.8 Å². The first-order valence-electron chi connectivity index (χ1n) is 12.9. The maximum absolute atomic E-state index is 14.0. The van der Waals surface area contributed by atoms with E-state index in [2.05, 4.69) is 10.3 Å². The first-order valence-corrected chi connectivity index (χ1v) is 13.3. The van der Waals surface area contributed by atoms with Gasteiger partial charge in [0.2, 0.25) is 0 Å². The highest BCUT2D eigenvalue weighted by molar-refractivity contribution is 7.81. The lowest BCUT2D eigenvalue weighted by molar-refractivity contribution is -0.241. The summed E-state index contributed by atoms with van der Waals surface area (Å²) in [4.78, 5) is 46.9. The van der Waals surface area contributed by atoms with Gasteiger partial charge in [-0.15, -0.1) is 17.7 Å². The normalized spacial score (nSPS) is 23.0. The van der Waals surface area contributed by atoms with E-state index >= 15 is 0 Å². The molecule has 16 heteroatoms. The topological polar surface area (TPSA) is 145 Å². The number of carbonyl (C=O) groups excluding carboxylic acids is 4. The number of halogens is 3. The van der Waals surface area contributed by atoms with Crippen molar-refractivity contribution in [2.75, 3.05) is 13.7 Å². The van der Waals surface area contributed by atoms with Crippen LogP contribution in [-0.2, 0) is 43.0 Å². The van der Waals surface area contributed by atoms with E-state index in [1.165, 1.54) is 37.6 Å². The number of esters is 4. The fraction of sp³-hybridized carbons (Fsp3) is 0.357. The fourth-order valence-corrected chi connectivity index (χ4v) is 5.23. The van der Waals surface area contributed by atoms with Crippen LogP contribution in [0.4, 0.5) is 13.2 Å². The average molecular weight is 638 g/mol. The van der Waals surface area contributed by atoms with Crippen LogP contribution in [0.25, 0.3) is 11.3 Å². The number of hydrogen-bond acceptors (Lipinski definition) is 12. The molecule has 1 aliphatic heterocycles. The van der Waals surface area contributed by atoms with E-state index in [0.29, 0.717) is 12.1 Å². The summed E-state index contributed by atoms with van der Waals surface area (Å²) >= 11 is 4.78. The lowest BCUT2D eigenvalue weighted by Crippen LogP contribution is -2.61. The predicted octanol–water partition coefficient (Wildman–Crippen LogP) is 3.30. The number of methoxy groups -OCH3 is 1. The molecule has 1 aliphatic rings. The predicted molar refractivity (Wildman–Crippen MR) is 145 cm³/mol. The third kappa shape index (κ3) is 6.70. The van der Waals surface area contributed by atoms with Crippen molar-refractivity contribution in [1.82, 2.24) is 15.0 Å². The Bertz CT molecular complexity index is 1580. The van der Waals surface area contributed by atoms with Crippen LogP contribution < -0.4 is 0 Å². The van der Waals surface area contributed by atoms with E-state index in [-0.39, 0.29) is 22.4 Å². The van der Waals surface area contributed by atoms with Crippen LogP contribution in [0.15, 0.2) is 42.6 Å². The number of benzene rings is 2. The second-order valence-electron chi connectivity index (χ2n) is 9.66. The summed E-state index contributed by atoms with van der Waals surface area (Å²) in [5.74, 6) is -7.66. The fourth-order valence-electron chi connectivity index (χ4n) is 4.75. The molecule has 3 aromatic rings. The SMILES string of the molecule is COC(=O)c1cccc([C@]2(S)O[C@H](COC(C)=O)[C@H](OC(C)=O)[C@H](n3cc(-c4cc(F)c(F)c(F)c4)nn3)[C@H]2OC(C)=O)c1. The summed E-state index contributed by atoms with van der Waals surface area (Å²) in [5.41, 5.74) is -0.0575. The molecule has 1 aromatic heterocycles. The maximum Gasteiger partial charge on any atom is 0.337 e. The average Bonchev–Trinajstić information content (AvgIpc) is 3.45. The van der Waals surface area contributed by atoms with Gasteiger partial charge in [-0.1, -0.05) is 17.3 Å². The Kier molecular flexibility index (Phi) is 9.63. The Morgan fingerprint density at radius 2 is 1.66 bits per heavy atom. The first-order chi connectivity index (χ1) is 20.7. The molecule has 0 bridgehead atoms. The molecular formula is C28H26F3N3O9S. The van der Waals surface area contributed by atoms with Gasteiger partial charge in [-0.2, -0.15) is 0 Å². The van der Waals surface area contributed by atoms with Gasteiger partial charge in [0.15, 0.2) is 34.6 Å². The molecule has 0 N–H and O–H groups in total. The maximum atomic E-state index is 14.0. The van der Waals surface area contributed by atoms with Crippen LogP contribution in [-0.4, -0.2) is 70.9 Å². The standard InChI is InChI=1S/C28H26F3N3O9S/c1-13(35)40-12-22-25(41-14(2)36)24(34-11-21(32-33-34)17-9-19(29)23(31)20(30)10-17)26(42-15(3)37)28(44,43-22)18-7-5-6-16(8-18)27(38)39-4/h5-11,22,24-26,44H,12H2,1-4H3/t22-,24+,25+,26-,28-/m1/s1. The number of thiol groups is 1. The monoisotopic (exact) mass is 637 g/mol. The molecule has 1 fully saturated rings. The molecule has 0 unspecified atom stereocenters. The smallest absolute Gasteiger partial charge is 0.337 e. The van der Waals surface area contributed by atoms with Crippen molar-refractivity contribution in [3.05, 3.63) is 71.2 Å². The molecule has 0 aliphatic carbocycles. The molecule has 12 nitrogen and oxygen atoms in total. The summed E-state index contributed by atoms with van der Waals surface area (Å²) in [6.07, 6.45) is -2.99. The molecule has 5 atom stereocenters. The molecule has 0 saturated carbocycles. The highest BCUT2D eigenvalue weighted by Gasteiger charge is 2.59. The van der Waals surface area contributed by atoms with Crippen molar-refractivity contribution in [2.24, 2.45) is 0 Å². The third-order valence-corrected chi connectivity index (χ3v) is 7.19. The Morgan fingerprint density at radius 1 is 1.00 bits per heavy atom. The van der Waals surface area contributed by atoms with E-state index < -0.39 is 77.2 Å². The molecular weight excluding hydrogens is 611 g/mol. The molecule has 0 spiro atoms. The van der Waals surface area contributed by atoms with Crippen molar-refractivity contribution in [2.45, 2.75) is 50.1 Å². The lowest BCUT2D eigenvalue weighted by atomic mass is 9.87. The largest absolute Gasteiger partial charge is 0.465 e. The number of nitrogens with zero attached hydrogens (tertiary/aromatic N) is 3. The Morgan fingerprint density at radius 3 is 2.25 bits per heavy atom. The summed E-state index contributed by atoms with van der Waals surface area (Å²) < 4.78 is 70.3. The molecule has 4 rings (SSSR count). The Balaban J connectivity index is 1.93. The molecule has 1 saturated heterocycles. The number of rotatable bonds is 8. The Labute approximate surface area is 253 Å². The summed E-state index contributed by atoms with van der Waals surface area (Å²) in [5, 5.41) is 7.97. The van der Waals surface area contributed by atoms with E-state index in [1.807, 2.05) is 0 Å². The van der Waals surface area contributed by atoms with Gasteiger partial charge in [0, 0.05) is 26.3 Å². The quantitative estimate of drug-likeness (QED) is 0.168. The minimum absolute atomic E-state index is 0.0854. The van der Waals surface area contributed by atoms with Crippen LogP contribution in [0.5, 0.6) is 0 Å². The van der Waals surface area contributed by atoms with E-state index in [1.54, 1.807) is 0 Å². The van der Waals surface area contributed by atoms with E-state index in [0.717, 1.165) is 25.5 Å². The first kappa shape index (κ1) is 32.5.